The van der Waals surface area contributed by atoms with Crippen LogP contribution >= 0.6 is 0 Å². The molecule has 3 heterocycles. The Morgan fingerprint density at radius 3 is 2.31 bits per heavy atom. The van der Waals surface area contributed by atoms with Gasteiger partial charge in [0, 0.05) is 44.4 Å². The fourth-order valence-corrected chi connectivity index (χ4v) is 4.26. The molecule has 1 aliphatic heterocycles. The number of nitrogens with zero attached hydrogens (tertiary/aromatic N) is 5. The summed E-state index contributed by atoms with van der Waals surface area (Å²) in [5.74, 6) is 1.44. The minimum absolute atomic E-state index is 0.562. The van der Waals surface area contributed by atoms with Crippen LogP contribution in [-0.2, 0) is 19.0 Å². The van der Waals surface area contributed by atoms with Gasteiger partial charge in [-0.25, -0.2) is 4.98 Å². The normalized spacial score (nSPS) is 15.8. The molecule has 1 aliphatic carbocycles. The van der Waals surface area contributed by atoms with Crippen LogP contribution in [0.5, 0.6) is 0 Å². The number of fused-ring (bicyclic) bond motifs is 1. The SMILES string of the molecule is FC(F)(F)c1ccc(N2CCN(c3nnc(Cc4ccccc4)c4c3C=CC4)CC2)nc1. The quantitative estimate of drug-likeness (QED) is 0.606. The standard InChI is InChI=1S/C24H22F3N5/c25-24(26,27)18-9-10-22(28-16-18)31-11-13-32(14-12-31)23-20-8-4-7-19(20)21(29-30-23)15-17-5-2-1-3-6-17/h1-6,8-10,16H,7,11-15H2. The van der Waals surface area contributed by atoms with E-state index >= 15 is 0 Å². The molecule has 2 aliphatic rings. The van der Waals surface area contributed by atoms with Crippen LogP contribution in [0, 0.1) is 0 Å². The maximum atomic E-state index is 12.8. The van der Waals surface area contributed by atoms with Gasteiger partial charge in [0.2, 0.25) is 0 Å². The number of allylic oxidation sites excluding steroid dienone is 1. The Hall–Kier alpha value is -3.42. The minimum Gasteiger partial charge on any atom is -0.353 e. The zero-order valence-electron chi connectivity index (χ0n) is 17.4. The Bertz CT molecular complexity index is 1120. The molecule has 8 heteroatoms. The minimum atomic E-state index is -4.37. The first-order valence-corrected chi connectivity index (χ1v) is 10.6. The van der Waals surface area contributed by atoms with Crippen molar-refractivity contribution in [2.45, 2.75) is 19.0 Å². The number of anilines is 2. The van der Waals surface area contributed by atoms with Crippen molar-refractivity contribution < 1.29 is 13.2 Å². The maximum Gasteiger partial charge on any atom is 0.417 e. The molecule has 2 aromatic heterocycles. The van der Waals surface area contributed by atoms with E-state index in [0.717, 1.165) is 42.2 Å². The van der Waals surface area contributed by atoms with E-state index in [1.807, 2.05) is 23.1 Å². The van der Waals surface area contributed by atoms with Gasteiger partial charge in [0.05, 0.1) is 11.3 Å². The van der Waals surface area contributed by atoms with Crippen molar-refractivity contribution in [1.29, 1.82) is 0 Å². The summed E-state index contributed by atoms with van der Waals surface area (Å²) in [6.07, 6.45) is 2.41. The van der Waals surface area contributed by atoms with Crippen molar-refractivity contribution in [3.63, 3.8) is 0 Å². The fraction of sp³-hybridized carbons (Fsp3) is 0.292. The van der Waals surface area contributed by atoms with Crippen molar-refractivity contribution in [2.75, 3.05) is 36.0 Å². The summed E-state index contributed by atoms with van der Waals surface area (Å²) in [4.78, 5) is 8.23. The summed E-state index contributed by atoms with van der Waals surface area (Å²) < 4.78 is 38.3. The zero-order chi connectivity index (χ0) is 22.1. The van der Waals surface area contributed by atoms with Crippen LogP contribution < -0.4 is 9.80 Å². The topological polar surface area (TPSA) is 45.2 Å². The monoisotopic (exact) mass is 437 g/mol. The number of pyridine rings is 1. The number of aromatic nitrogens is 3. The number of hydrogen-bond acceptors (Lipinski definition) is 5. The zero-order valence-corrected chi connectivity index (χ0v) is 17.4. The smallest absolute Gasteiger partial charge is 0.353 e. The largest absolute Gasteiger partial charge is 0.417 e. The van der Waals surface area contributed by atoms with Crippen molar-refractivity contribution in [3.8, 4) is 0 Å². The molecule has 0 radical (unpaired) electrons. The molecule has 5 nitrogen and oxygen atoms in total. The van der Waals surface area contributed by atoms with Crippen LogP contribution in [0.4, 0.5) is 24.8 Å². The van der Waals surface area contributed by atoms with Gasteiger partial charge in [-0.2, -0.15) is 18.3 Å². The Kier molecular flexibility index (Phi) is 5.28. The molecule has 3 aromatic rings. The summed E-state index contributed by atoms with van der Waals surface area (Å²) >= 11 is 0. The van der Waals surface area contributed by atoms with Crippen molar-refractivity contribution in [2.24, 2.45) is 0 Å². The van der Waals surface area contributed by atoms with Gasteiger partial charge in [0.1, 0.15) is 5.82 Å². The van der Waals surface area contributed by atoms with Gasteiger partial charge in [-0.3, -0.25) is 0 Å². The third-order valence-electron chi connectivity index (χ3n) is 5.98. The average Bonchev–Trinajstić information content (AvgIpc) is 3.30. The van der Waals surface area contributed by atoms with Crippen molar-refractivity contribution >= 4 is 17.7 Å². The first-order valence-electron chi connectivity index (χ1n) is 10.6. The van der Waals surface area contributed by atoms with Crippen molar-refractivity contribution in [3.05, 3.63) is 82.7 Å². The Balaban J connectivity index is 1.30. The summed E-state index contributed by atoms with van der Waals surface area (Å²) in [7, 11) is 0. The van der Waals surface area contributed by atoms with Gasteiger partial charge in [0.25, 0.3) is 0 Å². The number of alkyl halides is 3. The molecular weight excluding hydrogens is 415 g/mol. The van der Waals surface area contributed by atoms with Gasteiger partial charge < -0.3 is 9.80 Å². The van der Waals surface area contributed by atoms with Crippen LogP contribution in [0.2, 0.25) is 0 Å². The molecule has 32 heavy (non-hydrogen) atoms. The Labute approximate surface area is 184 Å². The Morgan fingerprint density at radius 1 is 0.875 bits per heavy atom. The number of halogens is 3. The molecule has 0 unspecified atom stereocenters. The molecule has 164 valence electrons. The van der Waals surface area contributed by atoms with E-state index in [2.05, 4.69) is 44.4 Å². The Morgan fingerprint density at radius 2 is 1.62 bits per heavy atom. The third-order valence-corrected chi connectivity index (χ3v) is 5.98. The summed E-state index contributed by atoms with van der Waals surface area (Å²) in [5.41, 5.74) is 3.85. The van der Waals surface area contributed by atoms with Crippen molar-refractivity contribution in [1.82, 2.24) is 15.2 Å². The van der Waals surface area contributed by atoms with Crippen LogP contribution in [0.25, 0.3) is 6.08 Å². The van der Waals surface area contributed by atoms with E-state index < -0.39 is 11.7 Å². The molecule has 0 spiro atoms. The lowest BCUT2D eigenvalue weighted by molar-refractivity contribution is -0.137. The number of hydrogen-bond donors (Lipinski definition) is 0. The second-order valence-corrected chi connectivity index (χ2v) is 8.01. The first-order chi connectivity index (χ1) is 15.5. The van der Waals surface area contributed by atoms with Crippen LogP contribution in [0.15, 0.2) is 54.7 Å². The van der Waals surface area contributed by atoms with E-state index in [9.17, 15) is 13.2 Å². The predicted octanol–water partition coefficient (Wildman–Crippen LogP) is 4.38. The second kappa shape index (κ2) is 8.26. The highest BCUT2D eigenvalue weighted by atomic mass is 19.4. The third kappa shape index (κ3) is 4.04. The first kappa shape index (κ1) is 20.5. The van der Waals surface area contributed by atoms with E-state index in [-0.39, 0.29) is 0 Å². The molecule has 0 atom stereocenters. The lowest BCUT2D eigenvalue weighted by Gasteiger charge is -2.36. The molecule has 0 bridgehead atoms. The maximum absolute atomic E-state index is 12.8. The van der Waals surface area contributed by atoms with Gasteiger partial charge in [-0.05, 0) is 29.7 Å². The van der Waals surface area contributed by atoms with Gasteiger partial charge in [-0.1, -0.05) is 42.5 Å². The molecule has 1 aromatic carbocycles. The summed E-state index contributed by atoms with van der Waals surface area (Å²) in [6, 6.07) is 12.8. The molecule has 0 amide bonds. The molecule has 0 saturated carbocycles. The highest BCUT2D eigenvalue weighted by molar-refractivity contribution is 5.72. The van der Waals surface area contributed by atoms with Gasteiger partial charge >= 0.3 is 6.18 Å². The highest BCUT2D eigenvalue weighted by Crippen LogP contribution is 2.32. The summed E-state index contributed by atoms with van der Waals surface area (Å²) in [6.45, 7) is 2.72. The van der Waals surface area contributed by atoms with E-state index in [4.69, 9.17) is 0 Å². The number of benzene rings is 1. The van der Waals surface area contributed by atoms with E-state index in [1.54, 1.807) is 0 Å². The van der Waals surface area contributed by atoms with Crippen LogP contribution in [0.1, 0.15) is 27.9 Å². The molecular formula is C24H22F3N5. The number of rotatable bonds is 4. The lowest BCUT2D eigenvalue weighted by Crippen LogP contribution is -2.47. The molecule has 1 fully saturated rings. The molecule has 1 saturated heterocycles. The average molecular weight is 437 g/mol. The van der Waals surface area contributed by atoms with E-state index in [0.29, 0.717) is 32.0 Å². The van der Waals surface area contributed by atoms with E-state index in [1.165, 1.54) is 17.2 Å². The lowest BCUT2D eigenvalue weighted by atomic mass is 10.0. The molecule has 0 N–H and O–H groups in total. The fourth-order valence-electron chi connectivity index (χ4n) is 4.26. The summed E-state index contributed by atoms with van der Waals surface area (Å²) in [5, 5.41) is 9.14. The van der Waals surface area contributed by atoms with Gasteiger partial charge in [-0.15, -0.1) is 5.10 Å². The van der Waals surface area contributed by atoms with Crippen LogP contribution in [0.3, 0.4) is 0 Å². The predicted molar refractivity (Wildman–Crippen MR) is 118 cm³/mol. The highest BCUT2D eigenvalue weighted by Gasteiger charge is 2.31. The van der Waals surface area contributed by atoms with Gasteiger partial charge in [0.15, 0.2) is 5.82 Å². The second-order valence-electron chi connectivity index (χ2n) is 8.01. The van der Waals surface area contributed by atoms with Crippen LogP contribution in [-0.4, -0.2) is 41.4 Å². The number of piperazine rings is 1. The molecule has 5 rings (SSSR count).